The van der Waals surface area contributed by atoms with Gasteiger partial charge in [-0.15, -0.1) is 0 Å². The van der Waals surface area contributed by atoms with E-state index in [1.54, 1.807) is 13.2 Å². The standard InChI is InChI=1S/C26H33NO4/c1-16(2)13-27(14-17(3)4)15-22-23(28)12-11-21-18(5)24(26(29)31-25(21)22)19-7-9-20(30-6)10-8-19/h7-12,16-17,28H,13-15H2,1-6H3. The first-order valence-electron chi connectivity index (χ1n) is 10.9. The van der Waals surface area contributed by atoms with E-state index in [-0.39, 0.29) is 5.75 Å². The number of phenols is 1. The maximum absolute atomic E-state index is 13.0. The Labute approximate surface area is 184 Å². The second kappa shape index (κ2) is 9.56. The van der Waals surface area contributed by atoms with Crippen molar-refractivity contribution in [3.8, 4) is 22.6 Å². The van der Waals surface area contributed by atoms with Gasteiger partial charge in [-0.3, -0.25) is 4.90 Å². The van der Waals surface area contributed by atoms with Crippen molar-refractivity contribution in [2.45, 2.75) is 41.2 Å². The quantitative estimate of drug-likeness (QED) is 0.478. The van der Waals surface area contributed by atoms with E-state index in [0.717, 1.165) is 35.4 Å². The first-order valence-corrected chi connectivity index (χ1v) is 10.9. The molecule has 1 N–H and O–H groups in total. The van der Waals surface area contributed by atoms with E-state index in [9.17, 15) is 9.90 Å². The van der Waals surface area contributed by atoms with Crippen molar-refractivity contribution >= 4 is 11.0 Å². The van der Waals surface area contributed by atoms with Gasteiger partial charge < -0.3 is 14.3 Å². The van der Waals surface area contributed by atoms with Crippen molar-refractivity contribution in [3.63, 3.8) is 0 Å². The van der Waals surface area contributed by atoms with Crippen LogP contribution >= 0.6 is 0 Å². The number of methoxy groups -OCH3 is 1. The zero-order valence-electron chi connectivity index (χ0n) is 19.4. The van der Waals surface area contributed by atoms with Gasteiger partial charge in [0.25, 0.3) is 0 Å². The minimum absolute atomic E-state index is 0.157. The molecule has 3 aromatic rings. The summed E-state index contributed by atoms with van der Waals surface area (Å²) in [5.74, 6) is 1.87. The normalized spacial score (nSPS) is 11.8. The Balaban J connectivity index is 2.12. The number of aromatic hydroxyl groups is 1. The summed E-state index contributed by atoms with van der Waals surface area (Å²) in [7, 11) is 1.61. The smallest absolute Gasteiger partial charge is 0.344 e. The zero-order chi connectivity index (χ0) is 22.7. The molecule has 1 heterocycles. The summed E-state index contributed by atoms with van der Waals surface area (Å²) in [6.45, 7) is 13.0. The molecule has 0 aliphatic heterocycles. The largest absolute Gasteiger partial charge is 0.507 e. The Morgan fingerprint density at radius 1 is 1.00 bits per heavy atom. The fraction of sp³-hybridized carbons (Fsp3) is 0.423. The lowest BCUT2D eigenvalue weighted by molar-refractivity contribution is 0.209. The van der Waals surface area contributed by atoms with Gasteiger partial charge in [0.2, 0.25) is 0 Å². The molecule has 0 unspecified atom stereocenters. The average molecular weight is 424 g/mol. The first-order chi connectivity index (χ1) is 14.7. The van der Waals surface area contributed by atoms with Crippen molar-refractivity contribution in [2.24, 2.45) is 11.8 Å². The molecule has 0 saturated carbocycles. The fourth-order valence-corrected chi connectivity index (χ4v) is 4.17. The fourth-order valence-electron chi connectivity index (χ4n) is 4.17. The number of phenolic OH excluding ortho intramolecular Hbond substituents is 1. The molecular weight excluding hydrogens is 390 g/mol. The molecule has 0 fully saturated rings. The van der Waals surface area contributed by atoms with E-state index < -0.39 is 5.63 Å². The highest BCUT2D eigenvalue weighted by Crippen LogP contribution is 2.33. The molecule has 0 radical (unpaired) electrons. The summed E-state index contributed by atoms with van der Waals surface area (Å²) in [6, 6.07) is 10.9. The summed E-state index contributed by atoms with van der Waals surface area (Å²) >= 11 is 0. The monoisotopic (exact) mass is 423 g/mol. The highest BCUT2D eigenvalue weighted by molar-refractivity contribution is 5.89. The molecule has 5 nitrogen and oxygen atoms in total. The van der Waals surface area contributed by atoms with E-state index in [1.165, 1.54) is 0 Å². The maximum Gasteiger partial charge on any atom is 0.344 e. The summed E-state index contributed by atoms with van der Waals surface area (Å²) in [4.78, 5) is 15.3. The van der Waals surface area contributed by atoms with E-state index >= 15 is 0 Å². The van der Waals surface area contributed by atoms with Crippen LogP contribution in [0.1, 0.15) is 38.8 Å². The molecular formula is C26H33NO4. The van der Waals surface area contributed by atoms with Gasteiger partial charge in [0.1, 0.15) is 17.1 Å². The second-order valence-electron chi connectivity index (χ2n) is 9.04. The Bertz CT molecular complexity index is 1090. The number of nitrogens with zero attached hydrogens (tertiary/aromatic N) is 1. The van der Waals surface area contributed by atoms with Gasteiger partial charge in [0, 0.05) is 25.0 Å². The molecule has 166 valence electrons. The second-order valence-corrected chi connectivity index (χ2v) is 9.04. The van der Waals surface area contributed by atoms with Crippen molar-refractivity contribution in [1.82, 2.24) is 4.90 Å². The maximum atomic E-state index is 13.0. The minimum Gasteiger partial charge on any atom is -0.507 e. The van der Waals surface area contributed by atoms with Gasteiger partial charge >= 0.3 is 5.63 Å². The lowest BCUT2D eigenvalue weighted by atomic mass is 9.97. The molecule has 0 amide bonds. The Hall–Kier alpha value is -2.79. The number of aryl methyl sites for hydroxylation is 1. The third-order valence-corrected chi connectivity index (χ3v) is 5.42. The summed E-state index contributed by atoms with van der Waals surface area (Å²) in [6.07, 6.45) is 0. The van der Waals surface area contributed by atoms with Crippen LogP contribution in [0, 0.1) is 18.8 Å². The Morgan fingerprint density at radius 2 is 1.61 bits per heavy atom. The van der Waals surface area contributed by atoms with Gasteiger partial charge in [-0.2, -0.15) is 0 Å². The van der Waals surface area contributed by atoms with Crippen LogP contribution in [0.3, 0.4) is 0 Å². The minimum atomic E-state index is -0.402. The van der Waals surface area contributed by atoms with Crippen LogP contribution in [0.2, 0.25) is 0 Å². The van der Waals surface area contributed by atoms with Crippen LogP contribution in [0.15, 0.2) is 45.6 Å². The molecule has 0 aliphatic carbocycles. The van der Waals surface area contributed by atoms with Gasteiger partial charge in [0.05, 0.1) is 18.2 Å². The molecule has 3 rings (SSSR count). The molecule has 1 aromatic heterocycles. The van der Waals surface area contributed by atoms with Crippen LogP contribution in [-0.2, 0) is 6.54 Å². The highest BCUT2D eigenvalue weighted by atomic mass is 16.5. The van der Waals surface area contributed by atoms with Crippen LogP contribution in [-0.4, -0.2) is 30.2 Å². The van der Waals surface area contributed by atoms with Crippen LogP contribution in [0.25, 0.3) is 22.1 Å². The number of benzene rings is 2. The van der Waals surface area contributed by atoms with Crippen molar-refractivity contribution in [2.75, 3.05) is 20.2 Å². The van der Waals surface area contributed by atoms with Gasteiger partial charge in [-0.05, 0) is 54.2 Å². The van der Waals surface area contributed by atoms with Crippen molar-refractivity contribution in [3.05, 3.63) is 57.9 Å². The highest BCUT2D eigenvalue weighted by Gasteiger charge is 2.20. The summed E-state index contributed by atoms with van der Waals surface area (Å²) in [5.41, 5.74) is 2.90. The van der Waals surface area contributed by atoms with E-state index in [2.05, 4.69) is 32.6 Å². The third-order valence-electron chi connectivity index (χ3n) is 5.42. The summed E-state index contributed by atoms with van der Waals surface area (Å²) in [5, 5.41) is 11.5. The first kappa shape index (κ1) is 22.9. The number of rotatable bonds is 8. The zero-order valence-corrected chi connectivity index (χ0v) is 19.4. The molecule has 0 spiro atoms. The number of ether oxygens (including phenoxy) is 1. The molecule has 5 heteroatoms. The van der Waals surface area contributed by atoms with Crippen molar-refractivity contribution in [1.29, 1.82) is 0 Å². The van der Waals surface area contributed by atoms with E-state index in [1.807, 2.05) is 37.3 Å². The number of hydrogen-bond acceptors (Lipinski definition) is 5. The lowest BCUT2D eigenvalue weighted by Crippen LogP contribution is -2.31. The van der Waals surface area contributed by atoms with Crippen molar-refractivity contribution < 1.29 is 14.3 Å². The van der Waals surface area contributed by atoms with Gasteiger partial charge in [0.15, 0.2) is 0 Å². The Morgan fingerprint density at radius 3 is 2.16 bits per heavy atom. The lowest BCUT2D eigenvalue weighted by Gasteiger charge is -2.26. The van der Waals surface area contributed by atoms with Gasteiger partial charge in [-0.25, -0.2) is 4.79 Å². The Kier molecular flexibility index (Phi) is 7.06. The topological polar surface area (TPSA) is 62.9 Å². The molecule has 2 aromatic carbocycles. The summed E-state index contributed by atoms with van der Waals surface area (Å²) < 4.78 is 11.1. The predicted octanol–water partition coefficient (Wildman–Crippen LogP) is 5.60. The molecule has 0 saturated heterocycles. The molecule has 0 atom stereocenters. The number of hydrogen-bond donors (Lipinski definition) is 1. The van der Waals surface area contributed by atoms with E-state index in [4.69, 9.17) is 9.15 Å². The van der Waals surface area contributed by atoms with Gasteiger partial charge in [-0.1, -0.05) is 39.8 Å². The molecule has 0 aliphatic rings. The molecule has 31 heavy (non-hydrogen) atoms. The van der Waals surface area contributed by atoms with Crippen LogP contribution in [0.4, 0.5) is 0 Å². The number of fused-ring (bicyclic) bond motifs is 1. The predicted molar refractivity (Wildman–Crippen MR) is 126 cm³/mol. The van der Waals surface area contributed by atoms with Crippen LogP contribution in [0.5, 0.6) is 11.5 Å². The third kappa shape index (κ3) is 5.10. The SMILES string of the molecule is COc1ccc(-c2c(C)c3ccc(O)c(CN(CC(C)C)CC(C)C)c3oc2=O)cc1. The average Bonchev–Trinajstić information content (AvgIpc) is 2.69. The molecule has 0 bridgehead atoms. The van der Waals surface area contributed by atoms with E-state index in [0.29, 0.717) is 35.1 Å². The van der Waals surface area contributed by atoms with Crippen LogP contribution < -0.4 is 10.4 Å².